The third-order valence-electron chi connectivity index (χ3n) is 4.18. The van der Waals surface area contributed by atoms with E-state index in [9.17, 15) is 14.9 Å². The number of imidazole rings is 1. The first-order valence-electron chi connectivity index (χ1n) is 7.85. The predicted octanol–water partition coefficient (Wildman–Crippen LogP) is 2.51. The lowest BCUT2D eigenvalue weighted by molar-refractivity contribution is -0.391. The number of nitrogens with one attached hydrogen (secondary N) is 1. The zero-order valence-electron chi connectivity index (χ0n) is 13.4. The summed E-state index contributed by atoms with van der Waals surface area (Å²) in [6.07, 6.45) is 1.73. The van der Waals surface area contributed by atoms with Crippen LogP contribution in [0.2, 0.25) is 5.02 Å². The molecule has 1 amide bonds. The maximum atomic E-state index is 12.7. The van der Waals surface area contributed by atoms with Crippen LogP contribution in [0.15, 0.2) is 42.6 Å². The lowest BCUT2D eigenvalue weighted by Crippen LogP contribution is -2.33. The third-order valence-corrected chi connectivity index (χ3v) is 4.41. The molecular weight excluding hydrogens is 360 g/mol. The Morgan fingerprint density at radius 3 is 2.92 bits per heavy atom. The average Bonchev–Trinajstić information content (AvgIpc) is 3.19. The number of carbonyl (C=O) groups excluding carboxylic acids is 1. The van der Waals surface area contributed by atoms with Crippen molar-refractivity contribution in [3.63, 3.8) is 0 Å². The standard InChI is InChI=1S/C16H13ClN6O3/c17-10-2-1-3-11(8-10)21-7-6-12(16(21)24)19-13-4-5-14-18-9-15(23(25)26)22(14)20-13/h1-5,8-9,12H,6-7H2,(H,19,20). The van der Waals surface area contributed by atoms with Crippen molar-refractivity contribution in [3.05, 3.63) is 57.7 Å². The van der Waals surface area contributed by atoms with Crippen LogP contribution >= 0.6 is 11.6 Å². The quantitative estimate of drug-likeness (QED) is 0.557. The highest BCUT2D eigenvalue weighted by Crippen LogP contribution is 2.26. The second-order valence-corrected chi connectivity index (χ2v) is 6.25. The Morgan fingerprint density at radius 1 is 1.31 bits per heavy atom. The Kier molecular flexibility index (Phi) is 3.92. The lowest BCUT2D eigenvalue weighted by atomic mass is 10.2. The van der Waals surface area contributed by atoms with Crippen molar-refractivity contribution < 1.29 is 9.72 Å². The van der Waals surface area contributed by atoms with Gasteiger partial charge in [0.05, 0.1) is 0 Å². The second-order valence-electron chi connectivity index (χ2n) is 5.82. The van der Waals surface area contributed by atoms with E-state index in [-0.39, 0.29) is 11.7 Å². The van der Waals surface area contributed by atoms with Crippen LogP contribution in [-0.4, -0.2) is 38.0 Å². The predicted molar refractivity (Wildman–Crippen MR) is 95.5 cm³/mol. The van der Waals surface area contributed by atoms with Crippen molar-refractivity contribution in [3.8, 4) is 0 Å². The minimum absolute atomic E-state index is 0.103. The van der Waals surface area contributed by atoms with Gasteiger partial charge in [-0.1, -0.05) is 27.3 Å². The van der Waals surface area contributed by atoms with Crippen molar-refractivity contribution in [2.45, 2.75) is 12.5 Å². The topological polar surface area (TPSA) is 106 Å². The van der Waals surface area contributed by atoms with Gasteiger partial charge in [-0.05, 0) is 35.6 Å². The maximum absolute atomic E-state index is 12.7. The lowest BCUT2D eigenvalue weighted by Gasteiger charge is -2.17. The molecule has 9 nitrogen and oxygen atoms in total. The molecule has 3 aromatic rings. The third kappa shape index (κ3) is 2.82. The fourth-order valence-electron chi connectivity index (χ4n) is 2.96. The first-order chi connectivity index (χ1) is 12.5. The van der Waals surface area contributed by atoms with Gasteiger partial charge in [-0.25, -0.2) is 4.98 Å². The number of fused-ring (bicyclic) bond motifs is 1. The highest BCUT2D eigenvalue weighted by atomic mass is 35.5. The average molecular weight is 373 g/mol. The maximum Gasteiger partial charge on any atom is 0.368 e. The molecule has 26 heavy (non-hydrogen) atoms. The molecule has 10 heteroatoms. The first kappa shape index (κ1) is 16.3. The Bertz CT molecular complexity index is 1020. The number of hydrogen-bond donors (Lipinski definition) is 1. The summed E-state index contributed by atoms with van der Waals surface area (Å²) in [6, 6.07) is 9.88. The van der Waals surface area contributed by atoms with E-state index in [4.69, 9.17) is 11.6 Å². The normalized spacial score (nSPS) is 17.0. The first-order valence-corrected chi connectivity index (χ1v) is 8.23. The summed E-state index contributed by atoms with van der Waals surface area (Å²) in [5, 5.41) is 18.8. The van der Waals surface area contributed by atoms with Crippen LogP contribution in [0.25, 0.3) is 5.65 Å². The van der Waals surface area contributed by atoms with E-state index in [2.05, 4.69) is 15.4 Å². The largest absolute Gasteiger partial charge is 0.368 e. The Balaban J connectivity index is 1.56. The molecule has 0 saturated carbocycles. The molecule has 1 N–H and O–H groups in total. The number of anilines is 2. The minimum Gasteiger partial charge on any atom is -0.358 e. The van der Waals surface area contributed by atoms with E-state index in [0.29, 0.717) is 29.5 Å². The number of nitrogens with zero attached hydrogens (tertiary/aromatic N) is 5. The molecule has 0 bridgehead atoms. The van der Waals surface area contributed by atoms with E-state index in [1.54, 1.807) is 35.2 Å². The van der Waals surface area contributed by atoms with Gasteiger partial charge in [0.2, 0.25) is 11.6 Å². The number of rotatable bonds is 4. The molecule has 1 saturated heterocycles. The fourth-order valence-corrected chi connectivity index (χ4v) is 3.14. The van der Waals surface area contributed by atoms with Gasteiger partial charge in [-0.15, -0.1) is 0 Å². The molecule has 132 valence electrons. The summed E-state index contributed by atoms with van der Waals surface area (Å²) in [6.45, 7) is 0.546. The van der Waals surface area contributed by atoms with Crippen LogP contribution in [-0.2, 0) is 4.79 Å². The van der Waals surface area contributed by atoms with Crippen LogP contribution in [0.5, 0.6) is 0 Å². The molecular formula is C16H13ClN6O3. The summed E-state index contributed by atoms with van der Waals surface area (Å²) in [4.78, 5) is 28.7. The van der Waals surface area contributed by atoms with Gasteiger partial charge in [0.15, 0.2) is 5.82 Å². The summed E-state index contributed by atoms with van der Waals surface area (Å²) in [5.41, 5.74) is 1.10. The number of nitro groups is 1. The molecule has 2 aromatic heterocycles. The van der Waals surface area contributed by atoms with E-state index in [1.807, 2.05) is 6.07 Å². The van der Waals surface area contributed by atoms with Gasteiger partial charge in [-0.3, -0.25) is 4.79 Å². The molecule has 1 atom stereocenters. The number of hydrogen-bond acceptors (Lipinski definition) is 6. The molecule has 4 rings (SSSR count). The highest BCUT2D eigenvalue weighted by Gasteiger charge is 2.33. The van der Waals surface area contributed by atoms with Gasteiger partial charge < -0.3 is 20.3 Å². The van der Waals surface area contributed by atoms with Gasteiger partial charge in [0, 0.05) is 23.3 Å². The molecule has 3 heterocycles. The highest BCUT2D eigenvalue weighted by molar-refractivity contribution is 6.31. The van der Waals surface area contributed by atoms with Crippen LogP contribution < -0.4 is 10.2 Å². The van der Waals surface area contributed by atoms with E-state index in [0.717, 1.165) is 16.4 Å². The molecule has 1 aliphatic heterocycles. The zero-order chi connectivity index (χ0) is 18.3. The van der Waals surface area contributed by atoms with Crippen LogP contribution in [0.4, 0.5) is 17.3 Å². The molecule has 1 aromatic carbocycles. The summed E-state index contributed by atoms with van der Waals surface area (Å²) in [5.74, 6) is 0.0288. The number of amides is 1. The number of benzene rings is 1. The number of aromatic nitrogens is 3. The molecule has 1 fully saturated rings. The minimum atomic E-state index is -0.557. The van der Waals surface area contributed by atoms with Gasteiger partial charge in [-0.2, -0.15) is 0 Å². The molecule has 1 unspecified atom stereocenters. The summed E-state index contributed by atoms with van der Waals surface area (Å²) >= 11 is 5.99. The Labute approximate surface area is 152 Å². The van der Waals surface area contributed by atoms with Crippen molar-refractivity contribution in [1.29, 1.82) is 0 Å². The Morgan fingerprint density at radius 2 is 2.15 bits per heavy atom. The van der Waals surface area contributed by atoms with Gasteiger partial charge >= 0.3 is 5.82 Å². The van der Waals surface area contributed by atoms with Crippen LogP contribution in [0, 0.1) is 10.1 Å². The van der Waals surface area contributed by atoms with Gasteiger partial charge in [0.1, 0.15) is 12.2 Å². The van der Waals surface area contributed by atoms with Crippen molar-refractivity contribution in [2.24, 2.45) is 0 Å². The monoisotopic (exact) mass is 372 g/mol. The molecule has 0 spiro atoms. The van der Waals surface area contributed by atoms with Gasteiger partial charge in [0.25, 0.3) is 0 Å². The molecule has 0 radical (unpaired) electrons. The number of halogens is 1. The SMILES string of the molecule is O=C1C(Nc2ccc3ncc([N+](=O)[O-])n3n2)CCN1c1cccc(Cl)c1. The van der Waals surface area contributed by atoms with Crippen LogP contribution in [0.1, 0.15) is 6.42 Å². The zero-order valence-corrected chi connectivity index (χ0v) is 14.1. The smallest absolute Gasteiger partial charge is 0.358 e. The van der Waals surface area contributed by atoms with E-state index in [1.165, 1.54) is 0 Å². The van der Waals surface area contributed by atoms with Crippen molar-refractivity contribution in [2.75, 3.05) is 16.8 Å². The molecule has 0 aliphatic carbocycles. The fraction of sp³-hybridized carbons (Fsp3) is 0.188. The van der Waals surface area contributed by atoms with Crippen LogP contribution in [0.3, 0.4) is 0 Å². The van der Waals surface area contributed by atoms with Crippen molar-refractivity contribution in [1.82, 2.24) is 14.6 Å². The van der Waals surface area contributed by atoms with E-state index < -0.39 is 11.0 Å². The van der Waals surface area contributed by atoms with Crippen molar-refractivity contribution >= 4 is 40.5 Å². The summed E-state index contributed by atoms with van der Waals surface area (Å²) in [7, 11) is 0. The number of carbonyl (C=O) groups is 1. The Hall–Kier alpha value is -3.20. The molecule has 1 aliphatic rings. The second kappa shape index (κ2) is 6.26. The van der Waals surface area contributed by atoms with E-state index >= 15 is 0 Å². The summed E-state index contributed by atoms with van der Waals surface area (Å²) < 4.78 is 1.14.